The number of nitrogens with zero attached hydrogens (tertiary/aromatic N) is 2. The lowest BCUT2D eigenvalue weighted by atomic mass is 9.94. The first kappa shape index (κ1) is 23.8. The summed E-state index contributed by atoms with van der Waals surface area (Å²) in [5, 5.41) is 4.29. The summed E-state index contributed by atoms with van der Waals surface area (Å²) in [6.45, 7) is 1.98. The number of H-pyrrole nitrogens is 1. The van der Waals surface area contributed by atoms with Gasteiger partial charge in [0.2, 0.25) is 11.8 Å². The predicted molar refractivity (Wildman–Crippen MR) is 143 cm³/mol. The largest absolute Gasteiger partial charge is 0.361 e. The molecule has 1 unspecified atom stereocenters. The van der Waals surface area contributed by atoms with E-state index in [-0.39, 0.29) is 24.3 Å². The maximum atomic E-state index is 14.1. The van der Waals surface area contributed by atoms with Gasteiger partial charge >= 0.3 is 0 Å². The molecule has 0 spiro atoms. The quantitative estimate of drug-likeness (QED) is 0.359. The second kappa shape index (κ2) is 10.8. The number of carbonyl (C=O) groups excluding carboxylic acids is 2. The van der Waals surface area contributed by atoms with E-state index >= 15 is 0 Å². The number of amides is 2. The highest BCUT2D eigenvalue weighted by Gasteiger charge is 2.34. The van der Waals surface area contributed by atoms with Crippen LogP contribution >= 0.6 is 0 Å². The molecular weight excluding hydrogens is 448 g/mol. The van der Waals surface area contributed by atoms with Crippen LogP contribution in [0.1, 0.15) is 54.8 Å². The summed E-state index contributed by atoms with van der Waals surface area (Å²) >= 11 is 0. The zero-order chi connectivity index (χ0) is 24.9. The van der Waals surface area contributed by atoms with Crippen molar-refractivity contribution in [1.29, 1.82) is 0 Å². The van der Waals surface area contributed by atoms with E-state index < -0.39 is 6.04 Å². The van der Waals surface area contributed by atoms with Gasteiger partial charge in [0.05, 0.1) is 6.42 Å². The highest BCUT2D eigenvalue weighted by Crippen LogP contribution is 2.32. The molecule has 36 heavy (non-hydrogen) atoms. The van der Waals surface area contributed by atoms with Crippen LogP contribution in [0.3, 0.4) is 0 Å². The average molecular weight is 481 g/mol. The summed E-state index contributed by atoms with van der Waals surface area (Å²) in [5.41, 5.74) is 4.32. The number of hydrogen-bond acceptors (Lipinski definition) is 3. The Kier molecular flexibility index (Phi) is 7.12. The molecule has 0 saturated heterocycles. The van der Waals surface area contributed by atoms with Crippen LogP contribution in [0.15, 0.2) is 79.3 Å². The van der Waals surface area contributed by atoms with Crippen molar-refractivity contribution in [3.05, 3.63) is 95.9 Å². The second-order valence-electron chi connectivity index (χ2n) is 9.61. The molecule has 1 atom stereocenters. The molecule has 1 fully saturated rings. The summed E-state index contributed by atoms with van der Waals surface area (Å²) in [4.78, 5) is 37.2. The number of carbonyl (C=O) groups is 2. The Morgan fingerprint density at radius 3 is 2.50 bits per heavy atom. The summed E-state index contributed by atoms with van der Waals surface area (Å²) in [6.07, 6.45) is 10.8. The number of aromatic amines is 1. The molecule has 2 aromatic heterocycles. The summed E-state index contributed by atoms with van der Waals surface area (Å²) in [6, 6.07) is 18.7. The molecule has 0 aliphatic heterocycles. The second-order valence-corrected chi connectivity index (χ2v) is 9.61. The lowest BCUT2D eigenvalue weighted by molar-refractivity contribution is -0.127. The molecule has 1 aliphatic rings. The molecule has 0 radical (unpaired) electrons. The number of aromatic nitrogens is 2. The van der Waals surface area contributed by atoms with Gasteiger partial charge in [0.1, 0.15) is 6.04 Å². The van der Waals surface area contributed by atoms with Gasteiger partial charge in [-0.15, -0.1) is 0 Å². The topological polar surface area (TPSA) is 78.1 Å². The zero-order valence-electron chi connectivity index (χ0n) is 20.6. The van der Waals surface area contributed by atoms with Crippen LogP contribution in [0.5, 0.6) is 0 Å². The van der Waals surface area contributed by atoms with Crippen LogP contribution in [0.2, 0.25) is 0 Å². The van der Waals surface area contributed by atoms with Gasteiger partial charge in [0.15, 0.2) is 0 Å². The number of nitrogens with one attached hydrogen (secondary N) is 2. The third-order valence-electron chi connectivity index (χ3n) is 7.14. The van der Waals surface area contributed by atoms with Crippen molar-refractivity contribution in [2.75, 3.05) is 4.90 Å². The van der Waals surface area contributed by atoms with E-state index in [1.807, 2.05) is 73.8 Å². The molecule has 0 bridgehead atoms. The van der Waals surface area contributed by atoms with Gasteiger partial charge in [-0.05, 0) is 60.7 Å². The Bertz CT molecular complexity index is 1340. The Balaban J connectivity index is 1.55. The Morgan fingerprint density at radius 1 is 1.00 bits per heavy atom. The SMILES string of the molecule is Cc1ccccc1N(C(=O)Cc1c[nH]c2ccccc12)C(C(=O)NC1CCCCC1)c1ccncc1. The van der Waals surface area contributed by atoms with Gasteiger partial charge in [0.25, 0.3) is 0 Å². The fraction of sp³-hybridized carbons (Fsp3) is 0.300. The first-order valence-electron chi connectivity index (χ1n) is 12.7. The minimum Gasteiger partial charge on any atom is -0.361 e. The summed E-state index contributed by atoms with van der Waals surface area (Å²) in [5.74, 6) is -0.279. The van der Waals surface area contributed by atoms with Crippen molar-refractivity contribution in [3.63, 3.8) is 0 Å². The molecule has 2 heterocycles. The third-order valence-corrected chi connectivity index (χ3v) is 7.14. The number of rotatable bonds is 7. The van der Waals surface area contributed by atoms with Crippen LogP contribution in [-0.4, -0.2) is 27.8 Å². The minimum absolute atomic E-state index is 0.130. The van der Waals surface area contributed by atoms with Crippen molar-refractivity contribution < 1.29 is 9.59 Å². The molecule has 2 amide bonds. The molecule has 4 aromatic rings. The van der Waals surface area contributed by atoms with Gasteiger partial charge in [-0.25, -0.2) is 0 Å². The van der Waals surface area contributed by atoms with Gasteiger partial charge in [-0.1, -0.05) is 55.7 Å². The van der Waals surface area contributed by atoms with E-state index in [0.29, 0.717) is 0 Å². The maximum Gasteiger partial charge on any atom is 0.248 e. The highest BCUT2D eigenvalue weighted by atomic mass is 16.2. The van der Waals surface area contributed by atoms with Crippen LogP contribution in [0.4, 0.5) is 5.69 Å². The molecule has 2 N–H and O–H groups in total. The molecule has 5 rings (SSSR count). The number of fused-ring (bicyclic) bond motifs is 1. The minimum atomic E-state index is -0.797. The number of para-hydroxylation sites is 2. The monoisotopic (exact) mass is 480 g/mol. The number of hydrogen-bond donors (Lipinski definition) is 2. The molecule has 6 nitrogen and oxygen atoms in total. The molecule has 184 valence electrons. The van der Waals surface area contributed by atoms with Gasteiger partial charge in [-0.2, -0.15) is 0 Å². The average Bonchev–Trinajstić information content (AvgIpc) is 3.31. The number of anilines is 1. The zero-order valence-corrected chi connectivity index (χ0v) is 20.6. The first-order valence-corrected chi connectivity index (χ1v) is 12.7. The standard InChI is InChI=1S/C30H32N4O2/c1-21-9-5-8-14-27(21)34(28(35)19-23-20-32-26-13-7-6-12-25(23)26)29(22-15-17-31-18-16-22)30(36)33-24-10-3-2-4-11-24/h5-9,12-18,20,24,29,32H,2-4,10-11,19H2,1H3,(H,33,36). The third kappa shape index (κ3) is 5.03. The fourth-order valence-corrected chi connectivity index (χ4v) is 5.27. The molecule has 6 heteroatoms. The number of pyridine rings is 1. The normalized spacial score (nSPS) is 14.9. The van der Waals surface area contributed by atoms with Crippen molar-refractivity contribution in [3.8, 4) is 0 Å². The maximum absolute atomic E-state index is 14.1. The molecule has 1 saturated carbocycles. The number of benzene rings is 2. The van der Waals surface area contributed by atoms with E-state index in [0.717, 1.165) is 59.0 Å². The lowest BCUT2D eigenvalue weighted by Crippen LogP contribution is -2.48. The molecule has 2 aromatic carbocycles. The van der Waals surface area contributed by atoms with E-state index in [2.05, 4.69) is 15.3 Å². The van der Waals surface area contributed by atoms with Crippen LogP contribution < -0.4 is 10.2 Å². The lowest BCUT2D eigenvalue weighted by Gasteiger charge is -2.34. The van der Waals surface area contributed by atoms with Gasteiger partial charge in [-0.3, -0.25) is 19.5 Å². The van der Waals surface area contributed by atoms with E-state index in [1.54, 1.807) is 17.3 Å². The van der Waals surface area contributed by atoms with Crippen molar-refractivity contribution in [1.82, 2.24) is 15.3 Å². The first-order chi connectivity index (χ1) is 17.6. The fourth-order valence-electron chi connectivity index (χ4n) is 5.27. The highest BCUT2D eigenvalue weighted by molar-refractivity contribution is 6.04. The van der Waals surface area contributed by atoms with Gasteiger partial charge in [0, 0.05) is 41.2 Å². The summed E-state index contributed by atoms with van der Waals surface area (Å²) in [7, 11) is 0. The predicted octanol–water partition coefficient (Wildman–Crippen LogP) is 5.64. The van der Waals surface area contributed by atoms with E-state index in [9.17, 15) is 9.59 Å². The smallest absolute Gasteiger partial charge is 0.248 e. The number of aryl methyl sites for hydroxylation is 1. The Labute approximate surface area is 211 Å². The van der Waals surface area contributed by atoms with E-state index in [4.69, 9.17) is 0 Å². The molecule has 1 aliphatic carbocycles. The van der Waals surface area contributed by atoms with E-state index in [1.165, 1.54) is 6.42 Å². The molecular formula is C30H32N4O2. The van der Waals surface area contributed by atoms with Crippen LogP contribution in [-0.2, 0) is 16.0 Å². The van der Waals surface area contributed by atoms with Crippen molar-refractivity contribution >= 4 is 28.4 Å². The van der Waals surface area contributed by atoms with Crippen molar-refractivity contribution in [2.24, 2.45) is 0 Å². The van der Waals surface area contributed by atoms with Gasteiger partial charge < -0.3 is 10.3 Å². The Morgan fingerprint density at radius 2 is 1.72 bits per heavy atom. The van der Waals surface area contributed by atoms with Crippen LogP contribution in [0, 0.1) is 6.92 Å². The van der Waals surface area contributed by atoms with Crippen molar-refractivity contribution in [2.45, 2.75) is 57.5 Å². The summed E-state index contributed by atoms with van der Waals surface area (Å²) < 4.78 is 0. The van der Waals surface area contributed by atoms with Crippen LogP contribution in [0.25, 0.3) is 10.9 Å². The Hall–Kier alpha value is -3.93.